The quantitative estimate of drug-likeness (QED) is 0.795. The van der Waals surface area contributed by atoms with Crippen LogP contribution in [0.1, 0.15) is 52.4 Å². The van der Waals surface area contributed by atoms with Gasteiger partial charge in [0.05, 0.1) is 0 Å². The van der Waals surface area contributed by atoms with Crippen LogP contribution >= 0.6 is 0 Å². The van der Waals surface area contributed by atoms with Gasteiger partial charge in [-0.05, 0) is 30.6 Å². The Morgan fingerprint density at radius 2 is 1.75 bits per heavy atom. The standard InChI is InChI=1S/C14H28N2/c1-12(2)8-13(9-15)16-10-14(11-16)6-4-3-5-7-14/h12-13H,3-11,15H2,1-2H3. The fourth-order valence-electron chi connectivity index (χ4n) is 3.63. The second kappa shape index (κ2) is 5.05. The Kier molecular flexibility index (Phi) is 3.91. The first kappa shape index (κ1) is 12.4. The SMILES string of the molecule is CC(C)CC(CN)N1CC2(CCCCC2)C1. The molecule has 1 aliphatic carbocycles. The lowest BCUT2D eigenvalue weighted by Gasteiger charge is -2.55. The minimum atomic E-state index is 0.646. The van der Waals surface area contributed by atoms with Crippen molar-refractivity contribution in [2.24, 2.45) is 17.1 Å². The van der Waals surface area contributed by atoms with Gasteiger partial charge in [-0.3, -0.25) is 4.90 Å². The lowest BCUT2D eigenvalue weighted by atomic mass is 9.68. The number of hydrogen-bond acceptors (Lipinski definition) is 2. The summed E-state index contributed by atoms with van der Waals surface area (Å²) >= 11 is 0. The molecule has 1 atom stereocenters. The van der Waals surface area contributed by atoms with Crippen molar-refractivity contribution in [1.82, 2.24) is 4.90 Å². The Balaban J connectivity index is 1.81. The largest absolute Gasteiger partial charge is 0.329 e. The molecule has 1 saturated heterocycles. The van der Waals surface area contributed by atoms with Crippen molar-refractivity contribution in [2.75, 3.05) is 19.6 Å². The molecule has 1 aliphatic heterocycles. The molecule has 16 heavy (non-hydrogen) atoms. The van der Waals surface area contributed by atoms with Gasteiger partial charge in [0, 0.05) is 25.7 Å². The topological polar surface area (TPSA) is 29.3 Å². The first-order valence-electron chi connectivity index (χ1n) is 7.09. The van der Waals surface area contributed by atoms with Crippen LogP contribution in [0.25, 0.3) is 0 Å². The van der Waals surface area contributed by atoms with Gasteiger partial charge in [-0.2, -0.15) is 0 Å². The van der Waals surface area contributed by atoms with Gasteiger partial charge < -0.3 is 5.73 Å². The van der Waals surface area contributed by atoms with Crippen LogP contribution < -0.4 is 5.73 Å². The molecule has 2 nitrogen and oxygen atoms in total. The van der Waals surface area contributed by atoms with Gasteiger partial charge in [-0.25, -0.2) is 0 Å². The molecule has 0 aromatic rings. The van der Waals surface area contributed by atoms with Crippen LogP contribution in [0.2, 0.25) is 0 Å². The maximum Gasteiger partial charge on any atom is 0.0221 e. The highest BCUT2D eigenvalue weighted by Crippen LogP contribution is 2.44. The fraction of sp³-hybridized carbons (Fsp3) is 1.00. The lowest BCUT2D eigenvalue weighted by Crippen LogP contribution is -2.62. The van der Waals surface area contributed by atoms with Crippen molar-refractivity contribution >= 4 is 0 Å². The van der Waals surface area contributed by atoms with E-state index in [2.05, 4.69) is 18.7 Å². The summed E-state index contributed by atoms with van der Waals surface area (Å²) in [6, 6.07) is 0.646. The minimum Gasteiger partial charge on any atom is -0.329 e. The molecule has 1 unspecified atom stereocenters. The summed E-state index contributed by atoms with van der Waals surface area (Å²) < 4.78 is 0. The Morgan fingerprint density at radius 1 is 1.12 bits per heavy atom. The highest BCUT2D eigenvalue weighted by atomic mass is 15.2. The molecule has 0 bridgehead atoms. The maximum absolute atomic E-state index is 5.91. The van der Waals surface area contributed by atoms with Crippen LogP contribution in [0, 0.1) is 11.3 Å². The summed E-state index contributed by atoms with van der Waals surface area (Å²) in [6.45, 7) is 8.12. The van der Waals surface area contributed by atoms with Gasteiger partial charge in [0.15, 0.2) is 0 Å². The fourth-order valence-corrected chi connectivity index (χ4v) is 3.63. The maximum atomic E-state index is 5.91. The van der Waals surface area contributed by atoms with Gasteiger partial charge in [-0.15, -0.1) is 0 Å². The third-order valence-electron chi connectivity index (χ3n) is 4.52. The van der Waals surface area contributed by atoms with Crippen molar-refractivity contribution in [2.45, 2.75) is 58.4 Å². The normalized spacial score (nSPS) is 27.0. The molecule has 2 aliphatic rings. The van der Waals surface area contributed by atoms with Crippen molar-refractivity contribution < 1.29 is 0 Å². The van der Waals surface area contributed by atoms with Crippen LogP contribution in [0.4, 0.5) is 0 Å². The molecule has 0 amide bonds. The summed E-state index contributed by atoms with van der Waals surface area (Å²) in [6.07, 6.45) is 8.61. The number of hydrogen-bond donors (Lipinski definition) is 1. The van der Waals surface area contributed by atoms with Crippen molar-refractivity contribution in [3.8, 4) is 0 Å². The zero-order valence-corrected chi connectivity index (χ0v) is 11.0. The van der Waals surface area contributed by atoms with Crippen molar-refractivity contribution in [3.05, 3.63) is 0 Å². The van der Waals surface area contributed by atoms with E-state index in [1.165, 1.54) is 51.6 Å². The highest BCUT2D eigenvalue weighted by molar-refractivity contribution is 4.99. The Labute approximate surface area is 101 Å². The Morgan fingerprint density at radius 3 is 2.25 bits per heavy atom. The molecule has 0 aromatic heterocycles. The first-order valence-corrected chi connectivity index (χ1v) is 7.09. The summed E-state index contributed by atoms with van der Waals surface area (Å²) in [5.74, 6) is 0.774. The second-order valence-electron chi connectivity index (χ2n) is 6.48. The molecule has 1 saturated carbocycles. The third kappa shape index (κ3) is 2.60. The molecule has 0 aromatic carbocycles. The highest BCUT2D eigenvalue weighted by Gasteiger charge is 2.45. The molecular weight excluding hydrogens is 196 g/mol. The molecule has 2 fully saturated rings. The molecule has 2 N–H and O–H groups in total. The Hall–Kier alpha value is -0.0800. The molecule has 1 spiro atoms. The van der Waals surface area contributed by atoms with Crippen LogP contribution in [0.15, 0.2) is 0 Å². The summed E-state index contributed by atoms with van der Waals surface area (Å²) in [5.41, 5.74) is 6.62. The van der Waals surface area contributed by atoms with Gasteiger partial charge in [0.2, 0.25) is 0 Å². The predicted octanol–water partition coefficient (Wildman–Crippen LogP) is 2.63. The first-order chi connectivity index (χ1) is 7.65. The minimum absolute atomic E-state index is 0.646. The van der Waals surface area contributed by atoms with E-state index < -0.39 is 0 Å². The van der Waals surface area contributed by atoms with E-state index in [1.54, 1.807) is 0 Å². The zero-order valence-electron chi connectivity index (χ0n) is 11.0. The number of nitrogens with zero attached hydrogens (tertiary/aromatic N) is 1. The van der Waals surface area contributed by atoms with Crippen molar-refractivity contribution in [1.29, 1.82) is 0 Å². The molecule has 0 radical (unpaired) electrons. The van der Waals surface area contributed by atoms with Crippen LogP contribution in [-0.2, 0) is 0 Å². The smallest absolute Gasteiger partial charge is 0.0221 e. The number of rotatable bonds is 4. The Bertz CT molecular complexity index is 211. The third-order valence-corrected chi connectivity index (χ3v) is 4.52. The average Bonchev–Trinajstić information content (AvgIpc) is 2.23. The van der Waals surface area contributed by atoms with E-state index in [-0.39, 0.29) is 0 Å². The van der Waals surface area contributed by atoms with Gasteiger partial charge >= 0.3 is 0 Å². The van der Waals surface area contributed by atoms with Crippen LogP contribution in [0.5, 0.6) is 0 Å². The predicted molar refractivity (Wildman–Crippen MR) is 69.4 cm³/mol. The molecule has 94 valence electrons. The summed E-state index contributed by atoms with van der Waals surface area (Å²) in [4.78, 5) is 2.64. The summed E-state index contributed by atoms with van der Waals surface area (Å²) in [7, 11) is 0. The van der Waals surface area contributed by atoms with Crippen molar-refractivity contribution in [3.63, 3.8) is 0 Å². The van der Waals surface area contributed by atoms with E-state index in [4.69, 9.17) is 5.73 Å². The molecule has 1 heterocycles. The molecule has 2 heteroatoms. The van der Waals surface area contributed by atoms with Gasteiger partial charge in [0.25, 0.3) is 0 Å². The summed E-state index contributed by atoms with van der Waals surface area (Å²) in [5, 5.41) is 0. The molecule has 2 rings (SSSR count). The lowest BCUT2D eigenvalue weighted by molar-refractivity contribution is -0.0568. The van der Waals surface area contributed by atoms with Crippen LogP contribution in [0.3, 0.4) is 0 Å². The van der Waals surface area contributed by atoms with Crippen LogP contribution in [-0.4, -0.2) is 30.6 Å². The van der Waals surface area contributed by atoms with E-state index in [9.17, 15) is 0 Å². The van der Waals surface area contributed by atoms with E-state index in [0.717, 1.165) is 12.5 Å². The number of likely N-dealkylation sites (tertiary alicyclic amines) is 1. The van der Waals surface area contributed by atoms with E-state index in [1.807, 2.05) is 0 Å². The average molecular weight is 224 g/mol. The van der Waals surface area contributed by atoms with E-state index >= 15 is 0 Å². The van der Waals surface area contributed by atoms with Gasteiger partial charge in [0.1, 0.15) is 0 Å². The zero-order chi connectivity index (χ0) is 11.6. The van der Waals surface area contributed by atoms with E-state index in [0.29, 0.717) is 11.5 Å². The second-order valence-corrected chi connectivity index (χ2v) is 6.48. The monoisotopic (exact) mass is 224 g/mol. The molecular formula is C14H28N2. The van der Waals surface area contributed by atoms with Gasteiger partial charge in [-0.1, -0.05) is 33.1 Å². The number of nitrogens with two attached hydrogens (primary N) is 1.